The van der Waals surface area contributed by atoms with E-state index in [1.54, 1.807) is 43.3 Å². The van der Waals surface area contributed by atoms with E-state index in [0.29, 0.717) is 29.5 Å². The molecule has 2 amide bonds. The van der Waals surface area contributed by atoms with E-state index in [4.69, 9.17) is 16.3 Å². The number of carbonyl (C=O) groups excluding carboxylic acids is 2. The fourth-order valence-corrected chi connectivity index (χ4v) is 3.00. The molecule has 5 nitrogen and oxygen atoms in total. The molecule has 3 rings (SSSR count). The van der Waals surface area contributed by atoms with E-state index in [1.165, 1.54) is 21.9 Å². The quantitative estimate of drug-likeness (QED) is 0.823. The van der Waals surface area contributed by atoms with Crippen molar-refractivity contribution in [1.29, 1.82) is 0 Å². The molecule has 1 aliphatic rings. The molecule has 26 heavy (non-hydrogen) atoms. The lowest BCUT2D eigenvalue weighted by atomic mass is 10.1. The van der Waals surface area contributed by atoms with Gasteiger partial charge in [-0.05, 0) is 49.4 Å². The molecular formula is C19H18ClFN2O3. The zero-order valence-electron chi connectivity index (χ0n) is 14.2. The molecule has 0 N–H and O–H groups in total. The maximum atomic E-state index is 13.4. The van der Waals surface area contributed by atoms with Gasteiger partial charge in [-0.25, -0.2) is 4.39 Å². The van der Waals surface area contributed by atoms with Crippen molar-refractivity contribution in [3.8, 4) is 5.75 Å². The summed E-state index contributed by atoms with van der Waals surface area (Å²) in [5.74, 6) is -0.403. The van der Waals surface area contributed by atoms with Crippen molar-refractivity contribution >= 4 is 29.1 Å². The summed E-state index contributed by atoms with van der Waals surface area (Å²) in [6.07, 6.45) is 0. The van der Waals surface area contributed by atoms with Gasteiger partial charge in [0.15, 0.2) is 6.61 Å². The maximum absolute atomic E-state index is 13.4. The first kappa shape index (κ1) is 18.2. The smallest absolute Gasteiger partial charge is 0.261 e. The third-order valence-corrected chi connectivity index (χ3v) is 4.52. The van der Waals surface area contributed by atoms with E-state index in [1.807, 2.05) is 0 Å². The highest BCUT2D eigenvalue weighted by atomic mass is 35.5. The van der Waals surface area contributed by atoms with Gasteiger partial charge in [0.25, 0.3) is 5.91 Å². The summed E-state index contributed by atoms with van der Waals surface area (Å²) in [6.45, 7) is 2.15. The number of carbonyl (C=O) groups is 2. The molecule has 0 aromatic heterocycles. The third kappa shape index (κ3) is 3.96. The van der Waals surface area contributed by atoms with Crippen molar-refractivity contribution in [2.45, 2.75) is 13.0 Å². The molecule has 0 saturated carbocycles. The Bertz CT molecular complexity index is 813. The average Bonchev–Trinajstić information content (AvgIpc) is 2.63. The number of nitrogens with zero attached hydrogens (tertiary/aromatic N) is 2. The summed E-state index contributed by atoms with van der Waals surface area (Å²) in [5.41, 5.74) is 0.492. The first-order chi connectivity index (χ1) is 12.5. The Labute approximate surface area is 155 Å². The molecule has 0 bridgehead atoms. The van der Waals surface area contributed by atoms with Crippen molar-refractivity contribution in [2.75, 3.05) is 24.6 Å². The lowest BCUT2D eigenvalue weighted by molar-refractivity contribution is -0.142. The van der Waals surface area contributed by atoms with Gasteiger partial charge in [0, 0.05) is 23.8 Å². The molecule has 1 aliphatic heterocycles. The van der Waals surface area contributed by atoms with Crippen LogP contribution in [0.4, 0.5) is 10.1 Å². The molecule has 1 unspecified atom stereocenters. The van der Waals surface area contributed by atoms with Crippen LogP contribution in [0.15, 0.2) is 48.5 Å². The topological polar surface area (TPSA) is 49.9 Å². The fourth-order valence-electron chi connectivity index (χ4n) is 2.87. The Balaban J connectivity index is 1.62. The van der Waals surface area contributed by atoms with Crippen LogP contribution >= 0.6 is 11.6 Å². The van der Waals surface area contributed by atoms with Crippen molar-refractivity contribution < 1.29 is 18.7 Å². The van der Waals surface area contributed by atoms with Crippen LogP contribution in [-0.2, 0) is 9.59 Å². The first-order valence-corrected chi connectivity index (χ1v) is 8.58. The summed E-state index contributed by atoms with van der Waals surface area (Å²) in [7, 11) is 0. The second kappa shape index (κ2) is 7.74. The Kier molecular flexibility index (Phi) is 5.42. The highest BCUT2D eigenvalue weighted by molar-refractivity contribution is 6.30. The van der Waals surface area contributed by atoms with Gasteiger partial charge in [-0.3, -0.25) is 9.59 Å². The van der Waals surface area contributed by atoms with Crippen LogP contribution in [-0.4, -0.2) is 42.5 Å². The summed E-state index contributed by atoms with van der Waals surface area (Å²) in [5, 5.41) is 0.580. The van der Waals surface area contributed by atoms with Crippen LogP contribution < -0.4 is 9.64 Å². The van der Waals surface area contributed by atoms with E-state index in [-0.39, 0.29) is 18.4 Å². The Morgan fingerprint density at radius 2 is 1.96 bits per heavy atom. The summed E-state index contributed by atoms with van der Waals surface area (Å²) >= 11 is 5.81. The van der Waals surface area contributed by atoms with Gasteiger partial charge in [0.1, 0.15) is 17.6 Å². The summed E-state index contributed by atoms with van der Waals surface area (Å²) in [6, 6.07) is 11.9. The average molecular weight is 377 g/mol. The standard InChI is InChI=1S/C19H18ClFN2O3/c1-13-19(25)23(16-4-2-3-15(21)11-16)10-9-22(13)18(24)12-26-17-7-5-14(20)6-8-17/h2-8,11,13H,9-10,12H2,1H3. The fraction of sp³-hybridized carbons (Fsp3) is 0.263. The molecule has 1 heterocycles. The van der Waals surface area contributed by atoms with E-state index in [9.17, 15) is 14.0 Å². The second-order valence-corrected chi connectivity index (χ2v) is 6.41. The van der Waals surface area contributed by atoms with Crippen LogP contribution in [0.2, 0.25) is 5.02 Å². The Morgan fingerprint density at radius 3 is 2.65 bits per heavy atom. The molecule has 1 saturated heterocycles. The number of piperazine rings is 1. The highest BCUT2D eigenvalue weighted by Gasteiger charge is 2.35. The van der Waals surface area contributed by atoms with Gasteiger partial charge in [0.2, 0.25) is 5.91 Å². The first-order valence-electron chi connectivity index (χ1n) is 8.20. The SMILES string of the molecule is CC1C(=O)N(c2cccc(F)c2)CCN1C(=O)COc1ccc(Cl)cc1. The molecule has 2 aromatic carbocycles. The van der Waals surface area contributed by atoms with Crippen LogP contribution in [0.25, 0.3) is 0 Å². The monoisotopic (exact) mass is 376 g/mol. The minimum atomic E-state index is -0.645. The van der Waals surface area contributed by atoms with Gasteiger partial charge in [-0.15, -0.1) is 0 Å². The van der Waals surface area contributed by atoms with Crippen molar-refractivity contribution in [3.05, 3.63) is 59.4 Å². The maximum Gasteiger partial charge on any atom is 0.261 e. The van der Waals surface area contributed by atoms with Crippen molar-refractivity contribution in [2.24, 2.45) is 0 Å². The molecule has 2 aromatic rings. The van der Waals surface area contributed by atoms with Gasteiger partial charge >= 0.3 is 0 Å². The number of halogens is 2. The molecule has 1 fully saturated rings. The number of benzene rings is 2. The Hall–Kier alpha value is -2.60. The highest BCUT2D eigenvalue weighted by Crippen LogP contribution is 2.22. The van der Waals surface area contributed by atoms with E-state index in [0.717, 1.165) is 0 Å². The lowest BCUT2D eigenvalue weighted by Gasteiger charge is -2.39. The zero-order valence-corrected chi connectivity index (χ0v) is 14.9. The van der Waals surface area contributed by atoms with E-state index < -0.39 is 11.9 Å². The largest absolute Gasteiger partial charge is 0.484 e. The summed E-state index contributed by atoms with van der Waals surface area (Å²) in [4.78, 5) is 28.0. The minimum absolute atomic E-state index is 0.167. The molecular weight excluding hydrogens is 359 g/mol. The van der Waals surface area contributed by atoms with Crippen LogP contribution in [0, 0.1) is 5.82 Å². The van der Waals surface area contributed by atoms with Crippen LogP contribution in [0.1, 0.15) is 6.92 Å². The Morgan fingerprint density at radius 1 is 1.23 bits per heavy atom. The normalized spacial score (nSPS) is 17.3. The van der Waals surface area contributed by atoms with Crippen molar-refractivity contribution in [3.63, 3.8) is 0 Å². The predicted octanol–water partition coefficient (Wildman–Crippen LogP) is 3.12. The molecule has 0 radical (unpaired) electrons. The summed E-state index contributed by atoms with van der Waals surface area (Å²) < 4.78 is 18.9. The third-order valence-electron chi connectivity index (χ3n) is 4.27. The van der Waals surface area contributed by atoms with E-state index in [2.05, 4.69) is 0 Å². The molecule has 1 atom stereocenters. The number of anilines is 1. The van der Waals surface area contributed by atoms with Gasteiger partial charge in [0.05, 0.1) is 0 Å². The molecule has 136 valence electrons. The van der Waals surface area contributed by atoms with Gasteiger partial charge < -0.3 is 14.5 Å². The zero-order chi connectivity index (χ0) is 18.7. The van der Waals surface area contributed by atoms with Gasteiger partial charge in [-0.1, -0.05) is 17.7 Å². The molecule has 0 spiro atoms. The second-order valence-electron chi connectivity index (χ2n) is 5.98. The minimum Gasteiger partial charge on any atom is -0.484 e. The van der Waals surface area contributed by atoms with Crippen LogP contribution in [0.5, 0.6) is 5.75 Å². The van der Waals surface area contributed by atoms with E-state index >= 15 is 0 Å². The number of amides is 2. The van der Waals surface area contributed by atoms with Crippen LogP contribution in [0.3, 0.4) is 0 Å². The number of rotatable bonds is 4. The lowest BCUT2D eigenvalue weighted by Crippen LogP contribution is -2.58. The van der Waals surface area contributed by atoms with Crippen molar-refractivity contribution in [1.82, 2.24) is 4.90 Å². The number of hydrogen-bond acceptors (Lipinski definition) is 3. The molecule has 7 heteroatoms. The number of hydrogen-bond donors (Lipinski definition) is 0. The predicted molar refractivity (Wildman–Crippen MR) is 96.9 cm³/mol. The molecule has 0 aliphatic carbocycles. The van der Waals surface area contributed by atoms with Gasteiger partial charge in [-0.2, -0.15) is 0 Å². The number of ether oxygens (including phenoxy) is 1.